The molecule has 3 atom stereocenters. The van der Waals surface area contributed by atoms with Crippen molar-refractivity contribution in [2.24, 2.45) is 0 Å². The lowest BCUT2D eigenvalue weighted by atomic mass is 9.99. The van der Waals surface area contributed by atoms with Gasteiger partial charge >= 0.3 is 0 Å². The molecule has 2 amide bonds. The minimum absolute atomic E-state index is 0. The zero-order valence-electron chi connectivity index (χ0n) is 25.0. The lowest BCUT2D eigenvalue weighted by Crippen LogP contribution is -2.48. The third kappa shape index (κ3) is 9.33. The van der Waals surface area contributed by atoms with Crippen molar-refractivity contribution in [3.05, 3.63) is 106 Å². The summed E-state index contributed by atoms with van der Waals surface area (Å²) in [7, 11) is 0. The number of nitrogens with zero attached hydrogens (tertiary/aromatic N) is 1. The summed E-state index contributed by atoms with van der Waals surface area (Å²) in [6, 6.07) is 15.7. The van der Waals surface area contributed by atoms with Gasteiger partial charge in [0.25, 0.3) is 11.8 Å². The Labute approximate surface area is 259 Å². The smallest absolute Gasteiger partial charge is 0.254 e. The predicted octanol–water partition coefficient (Wildman–Crippen LogP) is 5.76. The molecule has 1 saturated heterocycles. The van der Waals surface area contributed by atoms with Crippen LogP contribution in [0.2, 0.25) is 0 Å². The van der Waals surface area contributed by atoms with Gasteiger partial charge in [-0.2, -0.15) is 0 Å². The summed E-state index contributed by atoms with van der Waals surface area (Å²) >= 11 is 0. The van der Waals surface area contributed by atoms with Crippen molar-refractivity contribution in [3.8, 4) is 0 Å². The van der Waals surface area contributed by atoms with E-state index in [1.165, 1.54) is 17.7 Å². The van der Waals surface area contributed by atoms with Gasteiger partial charge in [0.2, 0.25) is 0 Å². The summed E-state index contributed by atoms with van der Waals surface area (Å²) in [6.45, 7) is 7.33. The molecule has 1 aliphatic rings. The van der Waals surface area contributed by atoms with Crippen LogP contribution in [-0.4, -0.2) is 53.1 Å². The average Bonchev–Trinajstić information content (AvgIpc) is 3.44. The molecule has 1 heterocycles. The normalized spacial score (nSPS) is 16.0. The van der Waals surface area contributed by atoms with Crippen LogP contribution in [0.4, 0.5) is 8.78 Å². The molecule has 0 spiro atoms. The minimum atomic E-state index is -1.06. The molecule has 0 bridgehead atoms. The van der Waals surface area contributed by atoms with E-state index in [4.69, 9.17) is 0 Å². The third-order valence-corrected chi connectivity index (χ3v) is 7.94. The number of carbonyl (C=O) groups is 2. The lowest BCUT2D eigenvalue weighted by molar-refractivity contribution is 0.0733. The first-order valence-corrected chi connectivity index (χ1v) is 14.8. The molecule has 1 aliphatic heterocycles. The monoisotopic (exact) mass is 613 g/mol. The van der Waals surface area contributed by atoms with Crippen LogP contribution < -0.4 is 10.6 Å². The Morgan fingerprint density at radius 3 is 2.37 bits per heavy atom. The van der Waals surface area contributed by atoms with Gasteiger partial charge in [-0.15, -0.1) is 12.4 Å². The van der Waals surface area contributed by atoms with Gasteiger partial charge < -0.3 is 20.6 Å². The van der Waals surface area contributed by atoms with Crippen LogP contribution in [0.5, 0.6) is 0 Å². The molecule has 232 valence electrons. The molecule has 3 aromatic rings. The summed E-state index contributed by atoms with van der Waals surface area (Å²) < 4.78 is 27.9. The average molecular weight is 614 g/mol. The maximum Gasteiger partial charge on any atom is 0.254 e. The highest BCUT2D eigenvalue weighted by molar-refractivity contribution is 6.00. The van der Waals surface area contributed by atoms with Crippen LogP contribution in [0.25, 0.3) is 0 Å². The van der Waals surface area contributed by atoms with Gasteiger partial charge in [0, 0.05) is 42.9 Å². The molecule has 0 aliphatic carbocycles. The van der Waals surface area contributed by atoms with Crippen molar-refractivity contribution in [2.75, 3.05) is 13.1 Å². The first kappa shape index (κ1) is 34.2. The van der Waals surface area contributed by atoms with E-state index in [0.29, 0.717) is 24.2 Å². The molecule has 6 nitrogen and oxygen atoms in total. The van der Waals surface area contributed by atoms with Crippen LogP contribution >= 0.6 is 12.4 Å². The molecule has 0 aromatic heterocycles. The molecule has 3 N–H and O–H groups in total. The van der Waals surface area contributed by atoms with Gasteiger partial charge in [-0.3, -0.25) is 9.59 Å². The highest BCUT2D eigenvalue weighted by Crippen LogP contribution is 2.23. The SMILES string of the molecule is CCc1cccc(CNC[C@@H](O)[C@H](Cc2cc(F)cc(F)c2)NC(=O)c2cc(C)cc(C(=O)N3CCC[C@@H]3CC)c2)c1.Cl. The maximum atomic E-state index is 14.0. The molecule has 0 unspecified atom stereocenters. The number of aliphatic hydroxyl groups is 1. The fraction of sp³-hybridized carbons (Fsp3) is 0.412. The molecular weight excluding hydrogens is 572 g/mol. The second-order valence-corrected chi connectivity index (χ2v) is 11.2. The van der Waals surface area contributed by atoms with Gasteiger partial charge in [0.15, 0.2) is 0 Å². The molecule has 43 heavy (non-hydrogen) atoms. The van der Waals surface area contributed by atoms with E-state index >= 15 is 0 Å². The number of amides is 2. The summed E-state index contributed by atoms with van der Waals surface area (Å²) in [5, 5.41) is 17.3. The summed E-state index contributed by atoms with van der Waals surface area (Å²) in [4.78, 5) is 28.7. The molecular formula is C34H42ClF2N3O3. The van der Waals surface area contributed by atoms with E-state index in [9.17, 15) is 23.5 Å². The molecule has 0 radical (unpaired) electrons. The quantitative estimate of drug-likeness (QED) is 0.243. The summed E-state index contributed by atoms with van der Waals surface area (Å²) in [5.74, 6) is -2.03. The molecule has 1 fully saturated rings. The van der Waals surface area contributed by atoms with Crippen molar-refractivity contribution in [2.45, 2.75) is 77.6 Å². The first-order valence-electron chi connectivity index (χ1n) is 14.8. The number of carbonyl (C=O) groups excluding carboxylic acids is 2. The Hall–Kier alpha value is -3.33. The van der Waals surface area contributed by atoms with E-state index in [-0.39, 0.29) is 42.9 Å². The van der Waals surface area contributed by atoms with Crippen molar-refractivity contribution >= 4 is 24.2 Å². The number of likely N-dealkylation sites (tertiary alicyclic amines) is 1. The van der Waals surface area contributed by atoms with Crippen LogP contribution in [-0.2, 0) is 19.4 Å². The maximum absolute atomic E-state index is 14.0. The van der Waals surface area contributed by atoms with Gasteiger partial charge in [0.1, 0.15) is 11.6 Å². The first-order chi connectivity index (χ1) is 20.2. The van der Waals surface area contributed by atoms with E-state index in [1.54, 1.807) is 18.2 Å². The number of benzene rings is 3. The van der Waals surface area contributed by atoms with Crippen LogP contribution in [0.3, 0.4) is 0 Å². The highest BCUT2D eigenvalue weighted by atomic mass is 35.5. The fourth-order valence-corrected chi connectivity index (χ4v) is 5.71. The highest BCUT2D eigenvalue weighted by Gasteiger charge is 2.29. The lowest BCUT2D eigenvalue weighted by Gasteiger charge is -2.26. The Morgan fingerprint density at radius 2 is 1.67 bits per heavy atom. The number of halogens is 3. The van der Waals surface area contributed by atoms with Gasteiger partial charge in [-0.05, 0) is 91.6 Å². The minimum Gasteiger partial charge on any atom is -0.390 e. The summed E-state index contributed by atoms with van der Waals surface area (Å²) in [5.41, 5.74) is 4.08. The number of hydrogen-bond donors (Lipinski definition) is 3. The number of rotatable bonds is 12. The van der Waals surface area contributed by atoms with Gasteiger partial charge in [-0.25, -0.2) is 8.78 Å². The second kappa shape index (κ2) is 15.9. The van der Waals surface area contributed by atoms with Crippen molar-refractivity contribution in [1.29, 1.82) is 0 Å². The van der Waals surface area contributed by atoms with Crippen molar-refractivity contribution in [3.63, 3.8) is 0 Å². The van der Waals surface area contributed by atoms with E-state index in [2.05, 4.69) is 36.6 Å². The van der Waals surface area contributed by atoms with Gasteiger partial charge in [0.05, 0.1) is 12.1 Å². The summed E-state index contributed by atoms with van der Waals surface area (Å²) in [6.07, 6.45) is 2.68. The predicted molar refractivity (Wildman–Crippen MR) is 168 cm³/mol. The van der Waals surface area contributed by atoms with E-state index in [0.717, 1.165) is 42.9 Å². The van der Waals surface area contributed by atoms with Gasteiger partial charge in [-0.1, -0.05) is 38.1 Å². The van der Waals surface area contributed by atoms with E-state index in [1.807, 2.05) is 24.0 Å². The van der Waals surface area contributed by atoms with Crippen molar-refractivity contribution < 1.29 is 23.5 Å². The fourth-order valence-electron chi connectivity index (χ4n) is 5.71. The zero-order chi connectivity index (χ0) is 30.2. The topological polar surface area (TPSA) is 81.7 Å². The molecule has 9 heteroatoms. The Morgan fingerprint density at radius 1 is 0.977 bits per heavy atom. The third-order valence-electron chi connectivity index (χ3n) is 7.94. The number of aryl methyl sites for hydroxylation is 2. The van der Waals surface area contributed by atoms with Crippen molar-refractivity contribution in [1.82, 2.24) is 15.5 Å². The van der Waals surface area contributed by atoms with E-state index < -0.39 is 29.7 Å². The molecule has 4 rings (SSSR count). The molecule has 3 aromatic carbocycles. The van der Waals surface area contributed by atoms with Crippen LogP contribution in [0.1, 0.15) is 76.1 Å². The number of hydrogen-bond acceptors (Lipinski definition) is 4. The Balaban J connectivity index is 0.00000506. The van der Waals surface area contributed by atoms with Crippen LogP contribution in [0, 0.1) is 18.6 Å². The zero-order valence-corrected chi connectivity index (χ0v) is 25.9. The number of nitrogens with one attached hydrogen (secondary N) is 2. The van der Waals surface area contributed by atoms with Crippen LogP contribution in [0.15, 0.2) is 60.7 Å². The molecule has 0 saturated carbocycles. The largest absolute Gasteiger partial charge is 0.390 e. The second-order valence-electron chi connectivity index (χ2n) is 11.2. The Bertz CT molecular complexity index is 1380. The Kier molecular flexibility index (Phi) is 12.7. The number of aliphatic hydroxyl groups excluding tert-OH is 1. The standard InChI is InChI=1S/C34H41F2N3O3.ClH/c1-4-23-8-6-9-24(14-23)20-37-21-32(40)31(17-25-15-28(35)19-29(36)16-25)38-33(41)26-12-22(3)13-27(18-26)34(42)39-11-7-10-30(39)5-2;/h6,8-9,12-16,18-19,30-32,37,40H,4-5,7,10-11,17,20-21H2,1-3H3,(H,38,41);1H/t30-,31-,32+;/m0./s1.